The van der Waals surface area contributed by atoms with Crippen LogP contribution in [0.25, 0.3) is 0 Å². The molecule has 0 saturated heterocycles. The molecule has 0 amide bonds. The van der Waals surface area contributed by atoms with Crippen LogP contribution >= 0.6 is 0 Å². The molecule has 6 heteroatoms. The van der Waals surface area contributed by atoms with Gasteiger partial charge in [-0.1, -0.05) is 6.07 Å². The first-order chi connectivity index (χ1) is 12.6. The lowest BCUT2D eigenvalue weighted by molar-refractivity contribution is 0.230. The van der Waals surface area contributed by atoms with E-state index in [2.05, 4.69) is 10.5 Å². The molecule has 0 unspecified atom stereocenters. The fourth-order valence-electron chi connectivity index (χ4n) is 2.36. The number of hydrogen-bond donors (Lipinski definition) is 1. The normalized spacial score (nSPS) is 10.8. The number of ether oxygens (including phenoxy) is 4. The van der Waals surface area contributed by atoms with Crippen LogP contribution in [0.4, 0.5) is 0 Å². The third-order valence-electron chi connectivity index (χ3n) is 3.59. The molecule has 0 bridgehead atoms. The molecular formula is C20H26N2O4. The summed E-state index contributed by atoms with van der Waals surface area (Å²) < 4.78 is 21.6. The second kappa shape index (κ2) is 9.56. The van der Waals surface area contributed by atoms with Gasteiger partial charge in [0.05, 0.1) is 40.2 Å². The van der Waals surface area contributed by atoms with E-state index in [0.717, 1.165) is 16.9 Å². The van der Waals surface area contributed by atoms with Gasteiger partial charge in [0.1, 0.15) is 0 Å². The predicted octanol–water partition coefficient (Wildman–Crippen LogP) is 3.62. The molecule has 0 atom stereocenters. The first-order valence-corrected chi connectivity index (χ1v) is 8.39. The zero-order valence-corrected chi connectivity index (χ0v) is 15.9. The van der Waals surface area contributed by atoms with Crippen LogP contribution in [-0.4, -0.2) is 33.6 Å². The number of hydrogen-bond acceptors (Lipinski definition) is 6. The predicted molar refractivity (Wildman–Crippen MR) is 103 cm³/mol. The van der Waals surface area contributed by atoms with Gasteiger partial charge in [-0.25, -0.2) is 0 Å². The fourth-order valence-corrected chi connectivity index (χ4v) is 2.36. The fraction of sp³-hybridized carbons (Fsp3) is 0.350. The number of benzene rings is 2. The Hall–Kier alpha value is -2.89. The molecule has 0 aliphatic rings. The van der Waals surface area contributed by atoms with E-state index in [1.54, 1.807) is 27.5 Å². The Morgan fingerprint density at radius 3 is 2.19 bits per heavy atom. The molecular weight excluding hydrogens is 332 g/mol. The van der Waals surface area contributed by atoms with Crippen molar-refractivity contribution < 1.29 is 18.9 Å². The van der Waals surface area contributed by atoms with E-state index < -0.39 is 0 Å². The molecule has 0 radical (unpaired) electrons. The van der Waals surface area contributed by atoms with Gasteiger partial charge in [0.25, 0.3) is 0 Å². The second-order valence-corrected chi connectivity index (χ2v) is 5.86. The van der Waals surface area contributed by atoms with Gasteiger partial charge in [-0.05, 0) is 55.3 Å². The first-order valence-electron chi connectivity index (χ1n) is 8.39. The summed E-state index contributed by atoms with van der Waals surface area (Å²) >= 11 is 0. The molecule has 2 rings (SSSR count). The highest BCUT2D eigenvalue weighted by Gasteiger charge is 2.07. The topological polar surface area (TPSA) is 61.3 Å². The van der Waals surface area contributed by atoms with Crippen LogP contribution in [0.3, 0.4) is 0 Å². The minimum absolute atomic E-state index is 0.0894. The molecule has 2 aromatic carbocycles. The van der Waals surface area contributed by atoms with Crippen molar-refractivity contribution >= 4 is 6.21 Å². The Morgan fingerprint density at radius 2 is 1.54 bits per heavy atom. The summed E-state index contributed by atoms with van der Waals surface area (Å²) in [6, 6.07) is 11.5. The smallest absolute Gasteiger partial charge is 0.161 e. The third-order valence-corrected chi connectivity index (χ3v) is 3.59. The Balaban J connectivity index is 1.98. The molecule has 0 fully saturated rings. The Bertz CT molecular complexity index is 745. The second-order valence-electron chi connectivity index (χ2n) is 5.86. The molecule has 26 heavy (non-hydrogen) atoms. The molecule has 0 heterocycles. The lowest BCUT2D eigenvalue weighted by Gasteiger charge is -2.13. The highest BCUT2D eigenvalue weighted by atomic mass is 16.5. The van der Waals surface area contributed by atoms with Gasteiger partial charge in [-0.15, -0.1) is 0 Å². The van der Waals surface area contributed by atoms with Crippen LogP contribution in [0.5, 0.6) is 23.0 Å². The van der Waals surface area contributed by atoms with Crippen molar-refractivity contribution in [2.24, 2.45) is 5.10 Å². The third kappa shape index (κ3) is 5.31. The molecule has 6 nitrogen and oxygen atoms in total. The average Bonchev–Trinajstić information content (AvgIpc) is 2.65. The van der Waals surface area contributed by atoms with E-state index in [-0.39, 0.29) is 6.10 Å². The van der Waals surface area contributed by atoms with E-state index in [9.17, 15) is 0 Å². The summed E-state index contributed by atoms with van der Waals surface area (Å²) in [4.78, 5) is 0. The van der Waals surface area contributed by atoms with Gasteiger partial charge in [0.2, 0.25) is 0 Å². The van der Waals surface area contributed by atoms with Gasteiger partial charge < -0.3 is 24.4 Å². The average molecular weight is 358 g/mol. The monoisotopic (exact) mass is 358 g/mol. The summed E-state index contributed by atoms with van der Waals surface area (Å²) in [5, 5.41) is 4.26. The Labute approximate surface area is 154 Å². The molecule has 140 valence electrons. The van der Waals surface area contributed by atoms with Crippen LogP contribution in [0.1, 0.15) is 25.0 Å². The van der Waals surface area contributed by atoms with Gasteiger partial charge in [-0.3, -0.25) is 0 Å². The lowest BCUT2D eigenvalue weighted by Crippen LogP contribution is -2.07. The van der Waals surface area contributed by atoms with E-state index in [0.29, 0.717) is 23.8 Å². The summed E-state index contributed by atoms with van der Waals surface area (Å²) in [6.45, 7) is 4.53. The van der Waals surface area contributed by atoms with Crippen LogP contribution in [0.15, 0.2) is 41.5 Å². The first kappa shape index (κ1) is 19.4. The summed E-state index contributed by atoms with van der Waals surface area (Å²) in [5.74, 6) is 2.80. The summed E-state index contributed by atoms with van der Waals surface area (Å²) in [5.41, 5.74) is 4.98. The molecule has 1 N–H and O–H groups in total. The van der Waals surface area contributed by atoms with Crippen LogP contribution in [0, 0.1) is 0 Å². The summed E-state index contributed by atoms with van der Waals surface area (Å²) in [7, 11) is 4.86. The number of methoxy groups -OCH3 is 3. The van der Waals surface area contributed by atoms with Gasteiger partial charge in [0.15, 0.2) is 23.0 Å². The van der Waals surface area contributed by atoms with E-state index in [4.69, 9.17) is 18.9 Å². The Kier molecular flexibility index (Phi) is 7.14. The van der Waals surface area contributed by atoms with Crippen molar-refractivity contribution in [2.75, 3.05) is 21.3 Å². The largest absolute Gasteiger partial charge is 0.493 e. The number of nitrogens with one attached hydrogen (secondary N) is 1. The minimum Gasteiger partial charge on any atom is -0.493 e. The van der Waals surface area contributed by atoms with Crippen molar-refractivity contribution in [1.29, 1.82) is 0 Å². The maximum absolute atomic E-state index is 5.71. The molecule has 0 saturated carbocycles. The van der Waals surface area contributed by atoms with Crippen molar-refractivity contribution in [1.82, 2.24) is 5.43 Å². The Morgan fingerprint density at radius 1 is 0.885 bits per heavy atom. The molecule has 2 aromatic rings. The van der Waals surface area contributed by atoms with E-state index in [1.165, 1.54) is 0 Å². The zero-order chi connectivity index (χ0) is 18.9. The number of nitrogens with zero attached hydrogens (tertiary/aromatic N) is 1. The lowest BCUT2D eigenvalue weighted by atomic mass is 10.2. The maximum atomic E-state index is 5.71. The quantitative estimate of drug-likeness (QED) is 0.548. The zero-order valence-electron chi connectivity index (χ0n) is 15.9. The highest BCUT2D eigenvalue weighted by molar-refractivity contribution is 5.80. The van der Waals surface area contributed by atoms with E-state index >= 15 is 0 Å². The molecule has 0 aliphatic carbocycles. The van der Waals surface area contributed by atoms with Crippen molar-refractivity contribution in [3.05, 3.63) is 47.5 Å². The van der Waals surface area contributed by atoms with Crippen molar-refractivity contribution in [2.45, 2.75) is 26.5 Å². The van der Waals surface area contributed by atoms with Crippen molar-refractivity contribution in [3.8, 4) is 23.0 Å². The molecule has 0 aliphatic heterocycles. The van der Waals surface area contributed by atoms with Gasteiger partial charge in [0, 0.05) is 0 Å². The SMILES string of the molecule is COc1ccc(CN/N=C/c2ccc(OC(C)C)c(OC)c2)cc1OC. The maximum Gasteiger partial charge on any atom is 0.161 e. The standard InChI is InChI=1S/C20H26N2O4/c1-14(2)26-18-9-7-16(11-20(18)25-5)13-22-21-12-15-6-8-17(23-3)19(10-15)24-4/h6-11,13-14,21H,12H2,1-5H3/b22-13+. The minimum atomic E-state index is 0.0894. The van der Waals surface area contributed by atoms with Gasteiger partial charge >= 0.3 is 0 Å². The van der Waals surface area contributed by atoms with Gasteiger partial charge in [-0.2, -0.15) is 5.10 Å². The van der Waals surface area contributed by atoms with E-state index in [1.807, 2.05) is 50.2 Å². The number of rotatable bonds is 9. The van der Waals surface area contributed by atoms with Crippen LogP contribution < -0.4 is 24.4 Å². The number of hydrazone groups is 1. The van der Waals surface area contributed by atoms with Crippen LogP contribution in [-0.2, 0) is 6.54 Å². The van der Waals surface area contributed by atoms with Crippen molar-refractivity contribution in [3.63, 3.8) is 0 Å². The van der Waals surface area contributed by atoms with Crippen LogP contribution in [0.2, 0.25) is 0 Å². The molecule has 0 spiro atoms. The summed E-state index contributed by atoms with van der Waals surface area (Å²) in [6.07, 6.45) is 1.83. The molecule has 0 aromatic heterocycles. The highest BCUT2D eigenvalue weighted by Crippen LogP contribution is 2.29.